The third-order valence-corrected chi connectivity index (χ3v) is 19.4. The number of carbonyl (C=O) groups excluding carboxylic acids is 4. The highest BCUT2D eigenvalue weighted by Crippen LogP contribution is 2.50. The second-order valence-corrected chi connectivity index (χ2v) is 26.8. The molecule has 17 atom stereocenters. The van der Waals surface area contributed by atoms with Gasteiger partial charge >= 0.3 is 7.60 Å². The zero-order valence-electron chi connectivity index (χ0n) is 51.4. The van der Waals surface area contributed by atoms with Gasteiger partial charge in [-0.1, -0.05) is 47.5 Å². The number of aliphatic hydroxyl groups is 9. The van der Waals surface area contributed by atoms with Crippen molar-refractivity contribution in [2.24, 2.45) is 35.5 Å². The molecule has 3 saturated heterocycles. The Hall–Kier alpha value is -2.33. The molecule has 3 heterocycles. The number of carbonyl (C=O) groups is 4. The number of amides is 2. The smallest absolute Gasteiger partial charge is 0.330 e. The number of aliphatic hydroxyl groups excluding tert-OH is 9. The number of hydrogen-bond donors (Lipinski definition) is 12. The normalized spacial score (nSPS) is 34.3. The number of rotatable bonds is 39. The number of Topliss-reactive ketones (excluding diaryl/α,β-unsaturated/α-hetero) is 2. The summed E-state index contributed by atoms with van der Waals surface area (Å²) in [6.07, 6.45) is -7.94. The van der Waals surface area contributed by atoms with Crippen LogP contribution in [0, 0.1) is 35.5 Å². The molecule has 0 aromatic carbocycles. The zero-order valence-corrected chi connectivity index (χ0v) is 52.3. The first-order valence-electron chi connectivity index (χ1n) is 31.3. The third kappa shape index (κ3) is 23.9. The molecule has 5 fully saturated rings. The van der Waals surface area contributed by atoms with E-state index >= 15 is 0 Å². The van der Waals surface area contributed by atoms with E-state index in [1.165, 1.54) is 0 Å². The summed E-state index contributed by atoms with van der Waals surface area (Å²) in [5.74, 6) is -2.89. The van der Waals surface area contributed by atoms with Gasteiger partial charge < -0.3 is 109 Å². The molecule has 0 aromatic rings. The van der Waals surface area contributed by atoms with E-state index in [2.05, 4.69) is 10.6 Å². The molecule has 0 aromatic heterocycles. The van der Waals surface area contributed by atoms with Crippen LogP contribution < -0.4 is 10.6 Å². The van der Waals surface area contributed by atoms with Crippen LogP contribution in [0.4, 0.5) is 0 Å². The number of nitrogens with one attached hydrogen (secondary N) is 2. The van der Waals surface area contributed by atoms with Crippen LogP contribution in [0.25, 0.3) is 0 Å². The first kappa shape index (κ1) is 75.4. The minimum absolute atomic E-state index is 0.00247. The summed E-state index contributed by atoms with van der Waals surface area (Å²) in [4.78, 5) is 67.5. The van der Waals surface area contributed by atoms with Crippen molar-refractivity contribution in [2.45, 2.75) is 203 Å². The maximum Gasteiger partial charge on any atom is 0.330 e. The van der Waals surface area contributed by atoms with Crippen LogP contribution in [-0.4, -0.2) is 276 Å². The predicted octanol–water partition coefficient (Wildman–Crippen LogP) is -1.11. The lowest BCUT2D eigenvalue weighted by atomic mass is 9.78. The van der Waals surface area contributed by atoms with Gasteiger partial charge in [0.15, 0.2) is 24.7 Å². The Morgan fingerprint density at radius 3 is 1.49 bits per heavy atom. The van der Waals surface area contributed by atoms with Crippen LogP contribution in [0.3, 0.4) is 0 Å². The van der Waals surface area contributed by atoms with Gasteiger partial charge in [0.2, 0.25) is 11.8 Å². The number of ether oxygens (including phenoxy) is 9. The zero-order chi connectivity index (χ0) is 63.8. The highest BCUT2D eigenvalue weighted by molar-refractivity contribution is 7.53. The molecule has 5 aliphatic rings. The summed E-state index contributed by atoms with van der Waals surface area (Å²) in [5.41, 5.74) is -0.520. The van der Waals surface area contributed by atoms with Gasteiger partial charge in [0, 0.05) is 56.2 Å². The summed E-state index contributed by atoms with van der Waals surface area (Å²) in [6.45, 7) is 7.11. The van der Waals surface area contributed by atoms with E-state index in [1.54, 1.807) is 39.5 Å². The third-order valence-electron chi connectivity index (χ3n) is 17.5. The average Bonchev–Trinajstić information content (AvgIpc) is 3.69. The fraction of sp³-hybridized carbons (Fsp3) is 0.931. The van der Waals surface area contributed by atoms with E-state index in [4.69, 9.17) is 47.2 Å². The minimum Gasteiger partial charge on any atom is -0.394 e. The first-order valence-corrected chi connectivity index (χ1v) is 32.9. The molecular formula is C58H104N3O25P. The van der Waals surface area contributed by atoms with Gasteiger partial charge in [-0.25, -0.2) is 0 Å². The van der Waals surface area contributed by atoms with Crippen LogP contribution in [0.1, 0.15) is 112 Å². The summed E-state index contributed by atoms with van der Waals surface area (Å²) in [5, 5.41) is 96.5. The van der Waals surface area contributed by atoms with Gasteiger partial charge in [-0.05, 0) is 63.2 Å². The SMILES string of the molecule is CC1C(OCCOCCCC(=O)CN(CC(=O)NCCOCCOC2OC(CO)C(O)C(O)C2C)C(CC2CCC(CNC(=O)C3CCC(OP(=O)(O)C(C)C)CC3)CC2)C(=O)CCOCCOC2OC(CO)C(O)C(O)C2C)OC(CO)C(O)C1O. The fourth-order valence-corrected chi connectivity index (χ4v) is 12.5. The Balaban J connectivity index is 1.19. The van der Waals surface area contributed by atoms with Crippen molar-refractivity contribution in [3.8, 4) is 0 Å². The lowest BCUT2D eigenvalue weighted by Gasteiger charge is -2.40. The van der Waals surface area contributed by atoms with Crippen LogP contribution in [0.5, 0.6) is 0 Å². The quantitative estimate of drug-likeness (QED) is 0.0256. The van der Waals surface area contributed by atoms with Crippen LogP contribution in [0.2, 0.25) is 0 Å². The van der Waals surface area contributed by atoms with Crippen molar-refractivity contribution in [1.29, 1.82) is 0 Å². The number of hydrogen-bond acceptors (Lipinski definition) is 25. The van der Waals surface area contributed by atoms with Gasteiger partial charge in [0.25, 0.3) is 0 Å². The maximum atomic E-state index is 14.6. The van der Waals surface area contributed by atoms with E-state index < -0.39 is 137 Å². The van der Waals surface area contributed by atoms with Crippen molar-refractivity contribution in [1.82, 2.24) is 15.5 Å². The molecule has 0 spiro atoms. The summed E-state index contributed by atoms with van der Waals surface area (Å²) < 4.78 is 69.4. The van der Waals surface area contributed by atoms with E-state index in [0.29, 0.717) is 57.9 Å². The van der Waals surface area contributed by atoms with Crippen LogP contribution >= 0.6 is 7.60 Å². The van der Waals surface area contributed by atoms with E-state index in [-0.39, 0.29) is 133 Å². The highest BCUT2D eigenvalue weighted by atomic mass is 31.2. The Morgan fingerprint density at radius 2 is 1.02 bits per heavy atom. The van der Waals surface area contributed by atoms with E-state index in [0.717, 1.165) is 12.8 Å². The number of ketones is 2. The van der Waals surface area contributed by atoms with E-state index in [9.17, 15) is 74.6 Å². The minimum atomic E-state index is -3.73. The molecule has 28 nitrogen and oxygen atoms in total. The maximum absolute atomic E-state index is 14.6. The molecule has 0 bridgehead atoms. The molecule has 87 heavy (non-hydrogen) atoms. The summed E-state index contributed by atoms with van der Waals surface area (Å²) in [7, 11) is -3.73. The van der Waals surface area contributed by atoms with Crippen molar-refractivity contribution in [3.05, 3.63) is 0 Å². The lowest BCUT2D eigenvalue weighted by Crippen LogP contribution is -2.55. The molecule has 2 aliphatic carbocycles. The molecule has 0 radical (unpaired) electrons. The van der Waals surface area contributed by atoms with Gasteiger partial charge in [-0.15, -0.1) is 0 Å². The molecule has 17 unspecified atom stereocenters. The fourth-order valence-electron chi connectivity index (χ4n) is 11.6. The van der Waals surface area contributed by atoms with Crippen molar-refractivity contribution in [2.75, 3.05) is 105 Å². The van der Waals surface area contributed by atoms with Gasteiger partial charge in [0.1, 0.15) is 42.4 Å². The van der Waals surface area contributed by atoms with Crippen molar-refractivity contribution in [3.63, 3.8) is 0 Å². The average molecular weight is 1270 g/mol. The second kappa shape index (κ2) is 38.6. The first-order chi connectivity index (χ1) is 41.5. The monoisotopic (exact) mass is 1270 g/mol. The Morgan fingerprint density at radius 1 is 0.563 bits per heavy atom. The topological polar surface area (TPSA) is 407 Å². The molecule has 506 valence electrons. The van der Waals surface area contributed by atoms with Gasteiger partial charge in [0.05, 0.1) is 122 Å². The summed E-state index contributed by atoms with van der Waals surface area (Å²) >= 11 is 0. The molecule has 29 heteroatoms. The van der Waals surface area contributed by atoms with Crippen LogP contribution in [-0.2, 0) is 70.9 Å². The van der Waals surface area contributed by atoms with Gasteiger partial charge in [-0.2, -0.15) is 0 Å². The highest BCUT2D eigenvalue weighted by Gasteiger charge is 2.45. The lowest BCUT2D eigenvalue weighted by molar-refractivity contribution is -0.284. The Bertz CT molecular complexity index is 1990. The molecular weight excluding hydrogens is 1170 g/mol. The van der Waals surface area contributed by atoms with Crippen molar-refractivity contribution >= 4 is 31.0 Å². The van der Waals surface area contributed by atoms with Crippen molar-refractivity contribution < 1.29 is 122 Å². The predicted molar refractivity (Wildman–Crippen MR) is 308 cm³/mol. The molecule has 2 amide bonds. The standard InChI is InChI=1S/C58H104N3O25P/c1-34(2)87(75,76)86-42-14-12-40(13-15-42)55(74)60-28-39-10-8-38(9-11-39)27-43(44(66)16-19-78-22-25-81-57-36(4)50(69)53(72)46(32-63)84-57)61(29-41(65)7-6-18-77-21-24-80-56-35(3)49(68)52(71)45(31-62)83-56)30-48(67)59-17-20-79-23-26-82-58-37(5)51(70)54(73)47(33-64)85-58/h34-40,42-43,45-47,49-54,56-58,62-64,68-73H,6-33H2,1-5H3,(H,59,67)(H,60,74)(H,75,76). The Kier molecular flexibility index (Phi) is 33.5. The van der Waals surface area contributed by atoms with Gasteiger partial charge in [-0.3, -0.25) is 28.6 Å². The van der Waals surface area contributed by atoms with E-state index in [1.807, 2.05) is 0 Å². The second-order valence-electron chi connectivity index (χ2n) is 24.4. The largest absolute Gasteiger partial charge is 0.394 e. The molecule has 12 N–H and O–H groups in total. The molecule has 2 saturated carbocycles. The van der Waals surface area contributed by atoms with Crippen LogP contribution in [0.15, 0.2) is 0 Å². The molecule has 3 aliphatic heterocycles. The molecule has 5 rings (SSSR count). The summed E-state index contributed by atoms with van der Waals surface area (Å²) in [6, 6.07) is -0.897. The Labute approximate surface area is 511 Å². The number of nitrogens with zero attached hydrogens (tertiary/aromatic N) is 1.